The van der Waals surface area contributed by atoms with Crippen LogP contribution in [0.15, 0.2) is 22.8 Å². The zero-order chi connectivity index (χ0) is 13.3. The first-order valence-electron chi connectivity index (χ1n) is 5.66. The van der Waals surface area contributed by atoms with Gasteiger partial charge >= 0.3 is 5.97 Å². The van der Waals surface area contributed by atoms with Crippen molar-refractivity contribution < 1.29 is 14.7 Å². The highest BCUT2D eigenvalue weighted by Gasteiger charge is 2.39. The van der Waals surface area contributed by atoms with Crippen LogP contribution in [0, 0.1) is 5.92 Å². The summed E-state index contributed by atoms with van der Waals surface area (Å²) >= 11 is 3.28. The van der Waals surface area contributed by atoms with Gasteiger partial charge in [0.05, 0.1) is 5.92 Å². The van der Waals surface area contributed by atoms with E-state index < -0.39 is 11.9 Å². The Kier molecular flexibility index (Phi) is 3.65. The molecule has 1 N–H and O–H groups in total. The molecule has 2 unspecified atom stereocenters. The summed E-state index contributed by atoms with van der Waals surface area (Å²) < 4.78 is 0.626. The number of pyridine rings is 1. The summed E-state index contributed by atoms with van der Waals surface area (Å²) in [6, 6.07) is 3.17. The smallest absolute Gasteiger partial charge is 0.308 e. The molecule has 0 saturated carbocycles. The van der Waals surface area contributed by atoms with Crippen LogP contribution in [0.25, 0.3) is 0 Å². The maximum Gasteiger partial charge on any atom is 0.308 e. The second-order valence-corrected chi connectivity index (χ2v) is 5.16. The van der Waals surface area contributed by atoms with Crippen LogP contribution in [-0.4, -0.2) is 39.5 Å². The Labute approximate surface area is 113 Å². The van der Waals surface area contributed by atoms with E-state index in [0.29, 0.717) is 23.1 Å². The topological polar surface area (TPSA) is 70.5 Å². The molecule has 0 spiro atoms. The predicted octanol–water partition coefficient (Wildman–Crippen LogP) is 1.78. The standard InChI is InChI=1S/C12H13BrN2O3/c1-7-8(12(17)18)4-6-15(7)11(16)10-9(13)3-2-5-14-10/h2-3,5,7-8H,4,6H2,1H3,(H,17,18). The van der Waals surface area contributed by atoms with Crippen LogP contribution in [0.4, 0.5) is 0 Å². The Balaban J connectivity index is 2.21. The Morgan fingerprint density at radius 3 is 2.83 bits per heavy atom. The molecule has 0 aliphatic carbocycles. The van der Waals surface area contributed by atoms with Crippen LogP contribution in [0.1, 0.15) is 23.8 Å². The van der Waals surface area contributed by atoms with Crippen LogP contribution in [0.5, 0.6) is 0 Å². The lowest BCUT2D eigenvalue weighted by molar-refractivity contribution is -0.142. The molecule has 6 heteroatoms. The zero-order valence-corrected chi connectivity index (χ0v) is 11.4. The molecule has 0 bridgehead atoms. The number of carbonyl (C=O) groups excluding carboxylic acids is 1. The molecule has 1 aliphatic heterocycles. The molecule has 2 rings (SSSR count). The van der Waals surface area contributed by atoms with Crippen molar-refractivity contribution in [3.8, 4) is 0 Å². The zero-order valence-electron chi connectivity index (χ0n) is 9.84. The minimum absolute atomic E-state index is 0.223. The SMILES string of the molecule is CC1C(C(=O)O)CCN1C(=O)c1ncccc1Br. The highest BCUT2D eigenvalue weighted by atomic mass is 79.9. The summed E-state index contributed by atoms with van der Waals surface area (Å²) in [4.78, 5) is 28.9. The monoisotopic (exact) mass is 312 g/mol. The lowest BCUT2D eigenvalue weighted by atomic mass is 10.0. The van der Waals surface area contributed by atoms with E-state index in [0.717, 1.165) is 0 Å². The summed E-state index contributed by atoms with van der Waals surface area (Å²) in [5, 5.41) is 9.05. The number of carbonyl (C=O) groups is 2. The summed E-state index contributed by atoms with van der Waals surface area (Å²) in [6.07, 6.45) is 2.04. The first-order valence-corrected chi connectivity index (χ1v) is 6.46. The van der Waals surface area contributed by atoms with Gasteiger partial charge in [0, 0.05) is 23.3 Å². The van der Waals surface area contributed by atoms with Gasteiger partial charge in [-0.1, -0.05) is 0 Å². The molecule has 2 heterocycles. The molecule has 18 heavy (non-hydrogen) atoms. The van der Waals surface area contributed by atoms with Crippen molar-refractivity contribution in [3.63, 3.8) is 0 Å². The number of carboxylic acid groups (broad SMARTS) is 1. The van der Waals surface area contributed by atoms with E-state index in [4.69, 9.17) is 5.11 Å². The number of likely N-dealkylation sites (tertiary alicyclic amines) is 1. The first kappa shape index (κ1) is 13.0. The predicted molar refractivity (Wildman–Crippen MR) is 68.2 cm³/mol. The van der Waals surface area contributed by atoms with Crippen molar-refractivity contribution in [1.29, 1.82) is 0 Å². The van der Waals surface area contributed by atoms with Gasteiger partial charge in [0.15, 0.2) is 0 Å². The van der Waals surface area contributed by atoms with E-state index in [1.807, 2.05) is 0 Å². The number of carboxylic acids is 1. The number of hydrogen-bond acceptors (Lipinski definition) is 3. The molecule has 0 aromatic carbocycles. The first-order chi connectivity index (χ1) is 8.52. The Morgan fingerprint density at radius 2 is 2.28 bits per heavy atom. The Hall–Kier alpha value is -1.43. The van der Waals surface area contributed by atoms with Crippen LogP contribution in [0.3, 0.4) is 0 Å². The van der Waals surface area contributed by atoms with E-state index >= 15 is 0 Å². The quantitative estimate of drug-likeness (QED) is 0.903. The molecule has 1 fully saturated rings. The minimum atomic E-state index is -0.849. The van der Waals surface area contributed by atoms with E-state index in [1.165, 1.54) is 0 Å². The maximum atomic E-state index is 12.3. The average molecular weight is 313 g/mol. The van der Waals surface area contributed by atoms with Gasteiger partial charge in [-0.2, -0.15) is 0 Å². The van der Waals surface area contributed by atoms with Gasteiger partial charge in [0.2, 0.25) is 0 Å². The third-order valence-corrected chi connectivity index (χ3v) is 3.93. The highest BCUT2D eigenvalue weighted by molar-refractivity contribution is 9.10. The van der Waals surface area contributed by atoms with Gasteiger partial charge in [-0.05, 0) is 41.4 Å². The van der Waals surface area contributed by atoms with Crippen molar-refractivity contribution >= 4 is 27.8 Å². The third kappa shape index (κ3) is 2.25. The van der Waals surface area contributed by atoms with Gasteiger partial charge < -0.3 is 10.0 Å². The molecule has 1 aliphatic rings. The Bertz CT molecular complexity index is 492. The van der Waals surface area contributed by atoms with Gasteiger partial charge in [0.25, 0.3) is 5.91 Å². The van der Waals surface area contributed by atoms with Crippen molar-refractivity contribution in [2.75, 3.05) is 6.54 Å². The minimum Gasteiger partial charge on any atom is -0.481 e. The lowest BCUT2D eigenvalue weighted by Gasteiger charge is -2.23. The maximum absolute atomic E-state index is 12.3. The number of rotatable bonds is 2. The van der Waals surface area contributed by atoms with Crippen molar-refractivity contribution in [1.82, 2.24) is 9.88 Å². The fraction of sp³-hybridized carbons (Fsp3) is 0.417. The summed E-state index contributed by atoms with van der Waals surface area (Å²) in [7, 11) is 0. The number of halogens is 1. The number of amides is 1. The fourth-order valence-corrected chi connectivity index (χ4v) is 2.66. The third-order valence-electron chi connectivity index (χ3n) is 3.29. The molecule has 2 atom stereocenters. The van der Waals surface area contributed by atoms with Gasteiger partial charge in [0.1, 0.15) is 5.69 Å². The molecule has 1 aromatic heterocycles. The molecule has 1 saturated heterocycles. The van der Waals surface area contributed by atoms with E-state index in [9.17, 15) is 9.59 Å². The van der Waals surface area contributed by atoms with Crippen molar-refractivity contribution in [3.05, 3.63) is 28.5 Å². The van der Waals surface area contributed by atoms with Crippen LogP contribution in [-0.2, 0) is 4.79 Å². The number of hydrogen-bond donors (Lipinski definition) is 1. The lowest BCUT2D eigenvalue weighted by Crippen LogP contribution is -2.38. The molecular formula is C12H13BrN2O3. The van der Waals surface area contributed by atoms with Crippen LogP contribution in [0.2, 0.25) is 0 Å². The van der Waals surface area contributed by atoms with Crippen molar-refractivity contribution in [2.24, 2.45) is 5.92 Å². The molecule has 1 aromatic rings. The summed E-state index contributed by atoms with van der Waals surface area (Å²) in [5.74, 6) is -1.56. The number of nitrogens with zero attached hydrogens (tertiary/aromatic N) is 2. The molecular weight excluding hydrogens is 300 g/mol. The van der Waals surface area contributed by atoms with Crippen molar-refractivity contribution in [2.45, 2.75) is 19.4 Å². The van der Waals surface area contributed by atoms with Gasteiger partial charge in [-0.15, -0.1) is 0 Å². The Morgan fingerprint density at radius 1 is 1.56 bits per heavy atom. The summed E-state index contributed by atoms with van der Waals surface area (Å²) in [5.41, 5.74) is 0.329. The number of aliphatic carboxylic acids is 1. The highest BCUT2D eigenvalue weighted by Crippen LogP contribution is 2.27. The fourth-order valence-electron chi connectivity index (χ4n) is 2.24. The summed E-state index contributed by atoms with van der Waals surface area (Å²) in [6.45, 7) is 2.22. The van der Waals surface area contributed by atoms with E-state index in [1.54, 1.807) is 30.2 Å². The molecule has 0 radical (unpaired) electrons. The second-order valence-electron chi connectivity index (χ2n) is 4.31. The largest absolute Gasteiger partial charge is 0.481 e. The van der Waals surface area contributed by atoms with E-state index in [2.05, 4.69) is 20.9 Å². The number of aromatic nitrogens is 1. The average Bonchev–Trinajstić information content (AvgIpc) is 2.71. The van der Waals surface area contributed by atoms with Gasteiger partial charge in [-0.25, -0.2) is 4.98 Å². The van der Waals surface area contributed by atoms with E-state index in [-0.39, 0.29) is 11.9 Å². The van der Waals surface area contributed by atoms with Crippen LogP contribution < -0.4 is 0 Å². The molecule has 96 valence electrons. The molecule has 1 amide bonds. The van der Waals surface area contributed by atoms with Crippen LogP contribution >= 0.6 is 15.9 Å². The normalized spacial score (nSPS) is 23.1. The molecule has 5 nitrogen and oxygen atoms in total. The van der Waals surface area contributed by atoms with Gasteiger partial charge in [-0.3, -0.25) is 9.59 Å². The second kappa shape index (κ2) is 5.06.